The van der Waals surface area contributed by atoms with Crippen LogP contribution >= 0.6 is 11.8 Å². The molecule has 0 saturated heterocycles. The van der Waals surface area contributed by atoms with Crippen molar-refractivity contribution in [2.45, 2.75) is 36.5 Å². The molecular formula is C26H25FO4S. The number of carbonyl (C=O) groups is 1. The maximum absolute atomic E-state index is 13.0. The summed E-state index contributed by atoms with van der Waals surface area (Å²) in [5.74, 6) is 1.81. The van der Waals surface area contributed by atoms with E-state index in [9.17, 15) is 9.18 Å². The van der Waals surface area contributed by atoms with Gasteiger partial charge in [-0.1, -0.05) is 24.3 Å². The number of fused-ring (bicyclic) bond motifs is 1. The van der Waals surface area contributed by atoms with E-state index in [2.05, 4.69) is 22.9 Å². The quantitative estimate of drug-likeness (QED) is 0.306. The summed E-state index contributed by atoms with van der Waals surface area (Å²) in [5.41, 5.74) is 4.68. The van der Waals surface area contributed by atoms with Crippen molar-refractivity contribution < 1.29 is 23.4 Å². The Labute approximate surface area is 191 Å². The van der Waals surface area contributed by atoms with Gasteiger partial charge in [0.1, 0.15) is 23.9 Å². The molecule has 3 aromatic carbocycles. The normalized spacial score (nSPS) is 12.3. The van der Waals surface area contributed by atoms with Crippen molar-refractivity contribution in [1.82, 2.24) is 0 Å². The summed E-state index contributed by atoms with van der Waals surface area (Å²) >= 11 is 1.81. The largest absolute Gasteiger partial charge is 0.489 e. The van der Waals surface area contributed by atoms with Crippen LogP contribution < -0.4 is 9.47 Å². The fourth-order valence-electron chi connectivity index (χ4n) is 3.70. The molecule has 0 radical (unpaired) electrons. The van der Waals surface area contributed by atoms with Crippen molar-refractivity contribution in [2.75, 3.05) is 13.7 Å². The summed E-state index contributed by atoms with van der Waals surface area (Å²) in [5, 5.41) is 0. The average molecular weight is 453 g/mol. The van der Waals surface area contributed by atoms with Crippen molar-refractivity contribution in [1.29, 1.82) is 0 Å². The molecule has 0 heterocycles. The highest BCUT2D eigenvalue weighted by atomic mass is 32.2. The first-order valence-electron chi connectivity index (χ1n) is 10.6. The SMILES string of the molecule is COC(=O)COc1ccc(SCc2ccc(OCc3ccc(F)cc3)cc2)c2c1CCC2. The summed E-state index contributed by atoms with van der Waals surface area (Å²) in [6.45, 7) is 0.343. The molecule has 0 aliphatic heterocycles. The number of hydrogen-bond acceptors (Lipinski definition) is 5. The predicted octanol–water partition coefficient (Wildman–Crippen LogP) is 5.74. The van der Waals surface area contributed by atoms with E-state index in [4.69, 9.17) is 9.47 Å². The summed E-state index contributed by atoms with van der Waals surface area (Å²) in [6.07, 6.45) is 3.10. The van der Waals surface area contributed by atoms with Gasteiger partial charge in [0.2, 0.25) is 0 Å². The zero-order valence-electron chi connectivity index (χ0n) is 17.9. The third-order valence-electron chi connectivity index (χ3n) is 5.41. The number of rotatable bonds is 9. The molecule has 0 N–H and O–H groups in total. The van der Waals surface area contributed by atoms with Crippen molar-refractivity contribution in [2.24, 2.45) is 0 Å². The summed E-state index contributed by atoms with van der Waals surface area (Å²) < 4.78 is 29.1. The van der Waals surface area contributed by atoms with Crippen molar-refractivity contribution >= 4 is 17.7 Å². The van der Waals surface area contributed by atoms with Gasteiger partial charge in [-0.05, 0) is 77.9 Å². The van der Waals surface area contributed by atoms with Gasteiger partial charge in [-0.3, -0.25) is 0 Å². The summed E-state index contributed by atoms with van der Waals surface area (Å²) in [7, 11) is 1.36. The summed E-state index contributed by atoms with van der Waals surface area (Å²) in [4.78, 5) is 12.7. The van der Waals surface area contributed by atoms with E-state index in [0.29, 0.717) is 6.61 Å². The topological polar surface area (TPSA) is 44.8 Å². The van der Waals surface area contributed by atoms with E-state index < -0.39 is 0 Å². The standard InChI is InChI=1S/C26H25FO4S/c1-29-26(28)16-31-24-13-14-25(23-4-2-3-22(23)24)32-17-19-7-11-21(12-8-19)30-15-18-5-9-20(27)10-6-18/h5-14H,2-4,15-17H2,1H3. The van der Waals surface area contributed by atoms with Crippen LogP contribution in [0.2, 0.25) is 0 Å². The highest BCUT2D eigenvalue weighted by Gasteiger charge is 2.20. The second kappa shape index (κ2) is 10.6. The number of benzene rings is 3. The van der Waals surface area contributed by atoms with E-state index in [1.165, 1.54) is 40.8 Å². The van der Waals surface area contributed by atoms with Crippen LogP contribution in [-0.4, -0.2) is 19.7 Å². The lowest BCUT2D eigenvalue weighted by Crippen LogP contribution is -2.13. The smallest absolute Gasteiger partial charge is 0.343 e. The molecular weight excluding hydrogens is 427 g/mol. The molecule has 6 heteroatoms. The van der Waals surface area contributed by atoms with Crippen LogP contribution in [0.3, 0.4) is 0 Å². The number of halogens is 1. The Hall–Kier alpha value is -2.99. The lowest BCUT2D eigenvalue weighted by atomic mass is 10.1. The Morgan fingerprint density at radius 3 is 2.38 bits per heavy atom. The van der Waals surface area contributed by atoms with Crippen LogP contribution in [0.15, 0.2) is 65.6 Å². The van der Waals surface area contributed by atoms with E-state index in [0.717, 1.165) is 42.1 Å². The number of esters is 1. The molecule has 1 aliphatic rings. The highest BCUT2D eigenvalue weighted by Crippen LogP contribution is 2.38. The average Bonchev–Trinajstić information content (AvgIpc) is 3.32. The van der Waals surface area contributed by atoms with Gasteiger partial charge < -0.3 is 14.2 Å². The third-order valence-corrected chi connectivity index (χ3v) is 6.58. The molecule has 32 heavy (non-hydrogen) atoms. The van der Waals surface area contributed by atoms with Crippen molar-refractivity contribution in [3.8, 4) is 11.5 Å². The van der Waals surface area contributed by atoms with E-state index in [1.54, 1.807) is 12.1 Å². The van der Waals surface area contributed by atoms with Gasteiger partial charge in [0, 0.05) is 10.6 Å². The molecule has 0 unspecified atom stereocenters. The minimum absolute atomic E-state index is 0.0645. The second-order valence-corrected chi connectivity index (χ2v) is 8.60. The Balaban J connectivity index is 1.34. The first-order chi connectivity index (χ1) is 15.6. The molecule has 3 aromatic rings. The number of methoxy groups -OCH3 is 1. The van der Waals surface area contributed by atoms with Gasteiger partial charge in [0.25, 0.3) is 0 Å². The van der Waals surface area contributed by atoms with Gasteiger partial charge in [0.05, 0.1) is 7.11 Å². The molecule has 166 valence electrons. The minimum Gasteiger partial charge on any atom is -0.489 e. The lowest BCUT2D eigenvalue weighted by molar-refractivity contribution is -0.142. The first-order valence-corrected chi connectivity index (χ1v) is 11.5. The fraction of sp³-hybridized carbons (Fsp3) is 0.269. The molecule has 1 aliphatic carbocycles. The number of hydrogen-bond donors (Lipinski definition) is 0. The van der Waals surface area contributed by atoms with Gasteiger partial charge in [-0.2, -0.15) is 0 Å². The molecule has 0 saturated carbocycles. The molecule has 4 nitrogen and oxygen atoms in total. The minimum atomic E-state index is -0.375. The highest BCUT2D eigenvalue weighted by molar-refractivity contribution is 7.98. The van der Waals surface area contributed by atoms with Crippen LogP contribution in [-0.2, 0) is 34.7 Å². The second-order valence-electron chi connectivity index (χ2n) is 7.59. The van der Waals surface area contributed by atoms with Crippen LogP contribution in [0, 0.1) is 5.82 Å². The van der Waals surface area contributed by atoms with Crippen LogP contribution in [0.5, 0.6) is 11.5 Å². The fourth-order valence-corrected chi connectivity index (χ4v) is 4.77. The number of carbonyl (C=O) groups excluding carboxylic acids is 1. The monoisotopic (exact) mass is 452 g/mol. The maximum atomic E-state index is 13.0. The zero-order chi connectivity index (χ0) is 22.3. The molecule has 0 aromatic heterocycles. The van der Waals surface area contributed by atoms with E-state index in [1.807, 2.05) is 30.0 Å². The molecule has 4 rings (SSSR count). The van der Waals surface area contributed by atoms with Gasteiger partial charge in [-0.15, -0.1) is 11.8 Å². The third kappa shape index (κ3) is 5.62. The molecule has 0 amide bonds. The van der Waals surface area contributed by atoms with Crippen LogP contribution in [0.25, 0.3) is 0 Å². The molecule has 0 atom stereocenters. The number of thioether (sulfide) groups is 1. The Kier molecular flexibility index (Phi) is 7.32. The van der Waals surface area contributed by atoms with Gasteiger partial charge in [-0.25, -0.2) is 9.18 Å². The number of ether oxygens (including phenoxy) is 3. The lowest BCUT2D eigenvalue weighted by Gasteiger charge is -2.14. The zero-order valence-corrected chi connectivity index (χ0v) is 18.8. The molecule has 0 spiro atoms. The van der Waals surface area contributed by atoms with Crippen LogP contribution in [0.4, 0.5) is 4.39 Å². The Bertz CT molecular complexity index is 1060. The van der Waals surface area contributed by atoms with E-state index in [-0.39, 0.29) is 18.4 Å². The van der Waals surface area contributed by atoms with E-state index >= 15 is 0 Å². The molecule has 0 fully saturated rings. The molecule has 0 bridgehead atoms. The van der Waals surface area contributed by atoms with Crippen LogP contribution in [0.1, 0.15) is 28.7 Å². The van der Waals surface area contributed by atoms with Gasteiger partial charge >= 0.3 is 5.97 Å². The Morgan fingerprint density at radius 2 is 1.62 bits per heavy atom. The first kappa shape index (κ1) is 22.2. The maximum Gasteiger partial charge on any atom is 0.343 e. The Morgan fingerprint density at radius 1 is 0.906 bits per heavy atom. The summed E-state index contributed by atoms with van der Waals surface area (Å²) in [6, 6.07) is 18.4. The van der Waals surface area contributed by atoms with Crippen molar-refractivity contribution in [3.63, 3.8) is 0 Å². The van der Waals surface area contributed by atoms with Gasteiger partial charge in [0.15, 0.2) is 6.61 Å². The van der Waals surface area contributed by atoms with Crippen molar-refractivity contribution in [3.05, 3.63) is 88.7 Å². The predicted molar refractivity (Wildman–Crippen MR) is 123 cm³/mol.